The number of hydrogen-bond acceptors (Lipinski definition) is 5. The van der Waals surface area contributed by atoms with Gasteiger partial charge in [-0.05, 0) is 30.3 Å². The number of benzene rings is 3. The van der Waals surface area contributed by atoms with Crippen LogP contribution in [0.2, 0.25) is 0 Å². The molecule has 0 bridgehead atoms. The molecule has 0 unspecified atom stereocenters. The van der Waals surface area contributed by atoms with E-state index in [2.05, 4.69) is 17.4 Å². The van der Waals surface area contributed by atoms with Gasteiger partial charge in [0, 0.05) is 34.6 Å². The molecule has 1 aliphatic heterocycles. The highest BCUT2D eigenvalue weighted by Crippen LogP contribution is 2.44. The quantitative estimate of drug-likeness (QED) is 0.346. The fraction of sp³-hybridized carbons (Fsp3) is 0.0370. The zero-order chi connectivity index (χ0) is 21.1. The van der Waals surface area contributed by atoms with Gasteiger partial charge in [0.25, 0.3) is 0 Å². The first kappa shape index (κ1) is 17.3. The molecule has 3 aromatic heterocycles. The average molecular weight is 418 g/mol. The topological polar surface area (TPSA) is 54.7 Å². The molecule has 0 atom stereocenters. The normalized spacial score (nSPS) is 15.2. The summed E-state index contributed by atoms with van der Waals surface area (Å²) in [7, 11) is 0. The van der Waals surface area contributed by atoms with Crippen molar-refractivity contribution in [2.45, 2.75) is 5.66 Å². The number of para-hydroxylation sites is 3. The third-order valence-corrected chi connectivity index (χ3v) is 6.09. The van der Waals surface area contributed by atoms with E-state index in [1.807, 2.05) is 96.2 Å². The van der Waals surface area contributed by atoms with Gasteiger partial charge >= 0.3 is 0 Å². The fourth-order valence-corrected chi connectivity index (χ4v) is 4.56. The van der Waals surface area contributed by atoms with Gasteiger partial charge in [0.05, 0.1) is 0 Å². The van der Waals surface area contributed by atoms with E-state index in [-0.39, 0.29) is 0 Å². The Bertz CT molecular complexity index is 1460. The SMILES string of the molecule is C1=CN(c2cc3ccccc3o2)C(c2cc3ccccc3o2)(c2cc3ccccc3o2)N1. The third kappa shape index (κ3) is 2.33. The number of nitrogens with one attached hydrogen (secondary N) is 1. The molecule has 0 spiro atoms. The average Bonchev–Trinajstić information content (AvgIpc) is 3.61. The number of anilines is 1. The van der Waals surface area contributed by atoms with Gasteiger partial charge in [-0.3, -0.25) is 4.90 Å². The van der Waals surface area contributed by atoms with E-state index in [4.69, 9.17) is 13.3 Å². The van der Waals surface area contributed by atoms with Crippen LogP contribution in [-0.2, 0) is 5.66 Å². The Morgan fingerprint density at radius 3 is 1.62 bits per heavy atom. The summed E-state index contributed by atoms with van der Waals surface area (Å²) in [4.78, 5) is 2.03. The lowest BCUT2D eigenvalue weighted by molar-refractivity contribution is 0.317. The van der Waals surface area contributed by atoms with E-state index in [1.165, 1.54) is 0 Å². The first-order chi connectivity index (χ1) is 15.8. The van der Waals surface area contributed by atoms with Crippen LogP contribution in [0, 0.1) is 0 Å². The molecular weight excluding hydrogens is 400 g/mol. The van der Waals surface area contributed by atoms with Crippen molar-refractivity contribution in [1.29, 1.82) is 0 Å². The van der Waals surface area contributed by atoms with Gasteiger partial charge in [-0.15, -0.1) is 0 Å². The Hall–Kier alpha value is -4.38. The maximum absolute atomic E-state index is 6.39. The zero-order valence-electron chi connectivity index (χ0n) is 17.0. The maximum atomic E-state index is 6.39. The van der Waals surface area contributed by atoms with Crippen LogP contribution in [0.1, 0.15) is 11.5 Å². The van der Waals surface area contributed by atoms with E-state index < -0.39 is 5.66 Å². The molecule has 0 saturated heterocycles. The summed E-state index contributed by atoms with van der Waals surface area (Å²) < 4.78 is 19.0. The van der Waals surface area contributed by atoms with Crippen LogP contribution < -0.4 is 10.2 Å². The number of furan rings is 3. The van der Waals surface area contributed by atoms with Crippen molar-refractivity contribution in [2.75, 3.05) is 4.90 Å². The lowest BCUT2D eigenvalue weighted by Gasteiger charge is -2.34. The van der Waals surface area contributed by atoms with Gasteiger partial charge in [0.1, 0.15) is 16.7 Å². The van der Waals surface area contributed by atoms with Crippen molar-refractivity contribution >= 4 is 38.8 Å². The van der Waals surface area contributed by atoms with Gasteiger partial charge in [-0.2, -0.15) is 0 Å². The standard InChI is InChI=1S/C27H18N2O3/c1-4-10-21-18(7-1)15-24(30-21)27(25-16-19-8-2-5-11-22(19)31-25)28-13-14-29(27)26-17-20-9-3-6-12-23(20)32-26/h1-17,28H. The predicted molar refractivity (Wildman–Crippen MR) is 124 cm³/mol. The number of nitrogens with zero attached hydrogens (tertiary/aromatic N) is 1. The lowest BCUT2D eigenvalue weighted by Crippen LogP contribution is -2.49. The second-order valence-electron chi connectivity index (χ2n) is 7.96. The number of hydrogen-bond donors (Lipinski definition) is 1. The van der Waals surface area contributed by atoms with E-state index in [0.29, 0.717) is 17.4 Å². The molecule has 0 fully saturated rings. The van der Waals surface area contributed by atoms with E-state index >= 15 is 0 Å². The summed E-state index contributed by atoms with van der Waals surface area (Å²) in [5.41, 5.74) is 1.52. The molecule has 0 saturated carbocycles. The van der Waals surface area contributed by atoms with Crippen molar-refractivity contribution in [1.82, 2.24) is 5.32 Å². The molecule has 154 valence electrons. The molecule has 0 radical (unpaired) electrons. The zero-order valence-corrected chi connectivity index (χ0v) is 17.0. The lowest BCUT2D eigenvalue weighted by atomic mass is 10.0. The molecule has 7 rings (SSSR count). The minimum absolute atomic E-state index is 0.688. The third-order valence-electron chi connectivity index (χ3n) is 6.09. The Morgan fingerprint density at radius 1 is 0.594 bits per heavy atom. The van der Waals surface area contributed by atoms with Crippen molar-refractivity contribution in [3.05, 3.63) is 115 Å². The maximum Gasteiger partial charge on any atom is 0.235 e. The van der Waals surface area contributed by atoms with Gasteiger partial charge < -0.3 is 18.6 Å². The highest BCUT2D eigenvalue weighted by Gasteiger charge is 2.49. The van der Waals surface area contributed by atoms with Crippen molar-refractivity contribution < 1.29 is 13.3 Å². The van der Waals surface area contributed by atoms with Gasteiger partial charge in [-0.1, -0.05) is 54.6 Å². The van der Waals surface area contributed by atoms with Gasteiger partial charge in [0.15, 0.2) is 11.5 Å². The molecule has 0 aliphatic carbocycles. The molecule has 1 N–H and O–H groups in total. The number of fused-ring (bicyclic) bond motifs is 3. The summed E-state index contributed by atoms with van der Waals surface area (Å²) in [6.45, 7) is 0. The molecule has 5 nitrogen and oxygen atoms in total. The summed E-state index contributed by atoms with van der Waals surface area (Å²) in [6.07, 6.45) is 3.85. The van der Waals surface area contributed by atoms with Crippen LogP contribution in [0.25, 0.3) is 32.9 Å². The van der Waals surface area contributed by atoms with Crippen LogP contribution >= 0.6 is 0 Å². The molecule has 1 aliphatic rings. The molecule has 32 heavy (non-hydrogen) atoms. The van der Waals surface area contributed by atoms with Crippen LogP contribution in [0.5, 0.6) is 0 Å². The summed E-state index contributed by atoms with van der Waals surface area (Å²) in [5.74, 6) is 2.11. The van der Waals surface area contributed by atoms with Crippen LogP contribution in [0.3, 0.4) is 0 Å². The van der Waals surface area contributed by atoms with Crippen molar-refractivity contribution in [3.8, 4) is 0 Å². The first-order valence-electron chi connectivity index (χ1n) is 10.5. The second kappa shape index (κ2) is 6.31. The van der Waals surface area contributed by atoms with Crippen LogP contribution in [0.15, 0.2) is 117 Å². The van der Waals surface area contributed by atoms with Crippen LogP contribution in [-0.4, -0.2) is 0 Å². The largest absolute Gasteiger partial charge is 0.456 e. The molecular formula is C27H18N2O3. The Kier molecular flexibility index (Phi) is 3.41. The molecule has 3 aromatic carbocycles. The first-order valence-corrected chi connectivity index (χ1v) is 10.5. The summed E-state index contributed by atoms with van der Waals surface area (Å²) in [5, 5.41) is 6.60. The minimum atomic E-state index is -0.939. The highest BCUT2D eigenvalue weighted by atomic mass is 16.4. The second-order valence-corrected chi connectivity index (χ2v) is 7.96. The smallest absolute Gasteiger partial charge is 0.235 e. The monoisotopic (exact) mass is 418 g/mol. The van der Waals surface area contributed by atoms with Gasteiger partial charge in [-0.25, -0.2) is 0 Å². The predicted octanol–water partition coefficient (Wildman–Crippen LogP) is 6.71. The van der Waals surface area contributed by atoms with Crippen molar-refractivity contribution in [2.24, 2.45) is 0 Å². The van der Waals surface area contributed by atoms with E-state index in [0.717, 1.165) is 32.9 Å². The molecule has 5 heteroatoms. The van der Waals surface area contributed by atoms with Crippen molar-refractivity contribution in [3.63, 3.8) is 0 Å². The summed E-state index contributed by atoms with van der Waals surface area (Å²) >= 11 is 0. The van der Waals surface area contributed by atoms with E-state index in [9.17, 15) is 0 Å². The minimum Gasteiger partial charge on any atom is -0.456 e. The van der Waals surface area contributed by atoms with E-state index in [1.54, 1.807) is 0 Å². The molecule has 0 amide bonds. The molecule has 4 heterocycles. The number of rotatable bonds is 3. The summed E-state index contributed by atoms with van der Waals surface area (Å²) in [6, 6.07) is 30.1. The van der Waals surface area contributed by atoms with Crippen LogP contribution in [0.4, 0.5) is 5.88 Å². The Morgan fingerprint density at radius 2 is 1.09 bits per heavy atom. The Balaban J connectivity index is 1.50. The fourth-order valence-electron chi connectivity index (χ4n) is 4.56. The highest BCUT2D eigenvalue weighted by molar-refractivity contribution is 5.83. The van der Waals surface area contributed by atoms with Gasteiger partial charge in [0.2, 0.25) is 11.5 Å². The Labute approximate surface area is 183 Å². The molecule has 6 aromatic rings.